The Hall–Kier alpha value is 0.670. The average Bonchev–Trinajstić information content (AvgIpc) is 2.64. The summed E-state index contributed by atoms with van der Waals surface area (Å²) in [5, 5.41) is 19.5. The Morgan fingerprint density at radius 2 is 1.91 bits per heavy atom. The molecule has 14 heteroatoms. The Kier molecular flexibility index (Phi) is 9.66. The van der Waals surface area contributed by atoms with Gasteiger partial charge in [-0.1, -0.05) is 0 Å². The van der Waals surface area contributed by atoms with Crippen molar-refractivity contribution in [3.8, 4) is 0 Å². The summed E-state index contributed by atoms with van der Waals surface area (Å²) < 4.78 is 20.3. The van der Waals surface area contributed by atoms with Crippen molar-refractivity contribution in [3.63, 3.8) is 0 Å². The zero-order valence-corrected chi connectivity index (χ0v) is 17.2. The predicted molar refractivity (Wildman–Crippen MR) is 60.8 cm³/mol. The van der Waals surface area contributed by atoms with E-state index in [4.69, 9.17) is 4.74 Å². The van der Waals surface area contributed by atoms with Gasteiger partial charge in [-0.25, -0.2) is 4.79 Å². The van der Waals surface area contributed by atoms with Crippen LogP contribution < -0.4 is 80.2 Å². The third-order valence-electron chi connectivity index (χ3n) is 2.86. The summed E-state index contributed by atoms with van der Waals surface area (Å²) in [6.45, 7) is -0.808. The van der Waals surface area contributed by atoms with Crippen LogP contribution in [0.1, 0.15) is 6.23 Å². The molecule has 0 unspecified atom stereocenters. The van der Waals surface area contributed by atoms with Crippen molar-refractivity contribution in [2.45, 2.75) is 24.5 Å². The van der Waals surface area contributed by atoms with Gasteiger partial charge < -0.3 is 33.8 Å². The number of hydrogen-bond acceptors (Lipinski definition) is 9. The smallest absolute Gasteiger partial charge is 0.790 e. The normalized spacial score (nSPS) is 27.1. The summed E-state index contributed by atoms with van der Waals surface area (Å²) in [6.07, 6.45) is -4.83. The second-order valence-corrected chi connectivity index (χ2v) is 5.46. The zero-order valence-electron chi connectivity index (χ0n) is 12.3. The standard InChI is InChI=1S/C9H13N2O9P.2Na/c12-5-1-2-11(9(15)10-5)8-7(14)6(13)4(20-8)3-19-21(16,17)18;;/h1-2,4,6-8,13-14H,3H2,(H,10,12,15)(H2,16,17,18);;/q;2*+1/p-2/t4-,6-,7-,8-;;/m1../s1/i10+1,11+1;;. The number of aromatic amines is 1. The maximum atomic E-state index is 11.6. The number of nitrogens with one attached hydrogen (secondary N) is 1. The maximum absolute atomic E-state index is 11.6. The fourth-order valence-electron chi connectivity index (χ4n) is 1.89. The molecule has 1 aromatic rings. The first-order valence-corrected chi connectivity index (χ1v) is 7.15. The van der Waals surface area contributed by atoms with Crippen molar-refractivity contribution in [2.75, 3.05) is 6.61 Å². The first-order chi connectivity index (χ1) is 9.69. The van der Waals surface area contributed by atoms with Gasteiger partial charge in [-0.15, -0.1) is 0 Å². The van der Waals surface area contributed by atoms with E-state index in [0.717, 1.165) is 16.8 Å². The summed E-state index contributed by atoms with van der Waals surface area (Å²) >= 11 is 0. The number of aliphatic hydroxyl groups is 2. The molecule has 3 N–H and O–H groups in total. The summed E-state index contributed by atoms with van der Waals surface area (Å²) in [6, 6.07) is 0.997. The fourth-order valence-corrected chi connectivity index (χ4v) is 2.22. The van der Waals surface area contributed by atoms with Crippen LogP contribution in [0, 0.1) is 0 Å². The number of aliphatic hydroxyl groups excluding tert-OH is 2. The Balaban J connectivity index is 0.00000242. The van der Waals surface area contributed by atoms with Gasteiger partial charge >= 0.3 is 64.8 Å². The van der Waals surface area contributed by atoms with E-state index in [2.05, 4.69) is 4.52 Å². The number of ether oxygens (including phenoxy) is 1. The number of hydrogen-bond donors (Lipinski definition) is 3. The van der Waals surface area contributed by atoms with Crippen LogP contribution in [0.15, 0.2) is 21.9 Å². The fraction of sp³-hybridized carbons (Fsp3) is 0.556. The van der Waals surface area contributed by atoms with Gasteiger partial charge in [0.15, 0.2) is 6.23 Å². The van der Waals surface area contributed by atoms with E-state index < -0.39 is 50.2 Å². The molecule has 2 heterocycles. The third-order valence-corrected chi connectivity index (χ3v) is 3.32. The average molecular weight is 370 g/mol. The van der Waals surface area contributed by atoms with E-state index in [0.29, 0.717) is 0 Å². The van der Waals surface area contributed by atoms with E-state index in [1.165, 1.54) is 0 Å². The van der Waals surface area contributed by atoms with Crippen LogP contribution in [-0.2, 0) is 13.8 Å². The van der Waals surface area contributed by atoms with E-state index in [-0.39, 0.29) is 59.1 Å². The SMILES string of the molecule is O=c1cc[15n]([C@@H]2O[C@H](COP(=O)([O-])[O-])[C@@H](O)[C@H]2O)c(=O)[15nH]1.[Na+].[Na+]. The van der Waals surface area contributed by atoms with Crippen LogP contribution in [0.2, 0.25) is 0 Å². The molecule has 0 radical (unpaired) electrons. The largest absolute Gasteiger partial charge is 1.00 e. The van der Waals surface area contributed by atoms with Gasteiger partial charge in [0.1, 0.15) is 18.3 Å². The quantitative estimate of drug-likeness (QED) is 0.343. The molecule has 2 rings (SSSR count). The number of phosphoric ester groups is 1. The topological polar surface area (TPSA) is 177 Å². The first-order valence-electron chi connectivity index (χ1n) is 5.69. The van der Waals surface area contributed by atoms with Crippen LogP contribution in [0.3, 0.4) is 0 Å². The van der Waals surface area contributed by atoms with Gasteiger partial charge in [0.05, 0.1) is 14.4 Å². The molecule has 1 saturated heterocycles. The second-order valence-electron chi connectivity index (χ2n) is 4.31. The van der Waals surface area contributed by atoms with Gasteiger partial charge in [-0.05, 0) is 0 Å². The molecular formula is C9H11N2Na2O9P. The molecule has 0 spiro atoms. The molecule has 0 amide bonds. The van der Waals surface area contributed by atoms with E-state index >= 15 is 0 Å². The van der Waals surface area contributed by atoms with Gasteiger partial charge in [-0.2, -0.15) is 0 Å². The summed E-state index contributed by atoms with van der Waals surface area (Å²) in [4.78, 5) is 45.2. The molecule has 1 aliphatic rings. The van der Waals surface area contributed by atoms with Crippen LogP contribution in [0.4, 0.5) is 0 Å². The van der Waals surface area contributed by atoms with Crippen molar-refractivity contribution >= 4 is 7.82 Å². The molecule has 0 aromatic carbocycles. The molecular weight excluding hydrogens is 359 g/mol. The molecule has 0 bridgehead atoms. The Labute approximate surface area is 173 Å². The van der Waals surface area contributed by atoms with Crippen molar-refractivity contribution in [1.29, 1.82) is 0 Å². The summed E-state index contributed by atoms with van der Waals surface area (Å²) in [5.41, 5.74) is -1.55. The molecule has 11 nitrogen and oxygen atoms in total. The second kappa shape index (κ2) is 9.39. The zero-order chi connectivity index (χ0) is 15.8. The predicted octanol–water partition coefficient (Wildman–Crippen LogP) is -9.99. The Morgan fingerprint density at radius 3 is 2.43 bits per heavy atom. The van der Waals surface area contributed by atoms with Crippen molar-refractivity contribution in [2.24, 2.45) is 0 Å². The Morgan fingerprint density at radius 1 is 1.30 bits per heavy atom. The van der Waals surface area contributed by atoms with E-state index in [1.54, 1.807) is 0 Å². The van der Waals surface area contributed by atoms with Gasteiger partial charge in [0.25, 0.3) is 5.56 Å². The molecule has 0 aliphatic carbocycles. The number of rotatable bonds is 4. The number of phosphoric acid groups is 1. The van der Waals surface area contributed by atoms with Crippen LogP contribution in [0.25, 0.3) is 0 Å². The monoisotopic (exact) mass is 370 g/mol. The maximum Gasteiger partial charge on any atom is 1.00 e. The minimum absolute atomic E-state index is 0. The summed E-state index contributed by atoms with van der Waals surface area (Å²) in [7, 11) is -5.26. The number of H-pyrrole nitrogens is 1. The molecule has 1 fully saturated rings. The number of aromatic nitrogens is 2. The van der Waals surface area contributed by atoms with Crippen molar-refractivity contribution in [3.05, 3.63) is 33.1 Å². The first kappa shape index (κ1) is 23.7. The molecule has 118 valence electrons. The molecule has 1 aromatic heterocycles. The summed E-state index contributed by atoms with van der Waals surface area (Å²) in [5.74, 6) is 0. The minimum Gasteiger partial charge on any atom is -0.790 e. The molecule has 4 atom stereocenters. The van der Waals surface area contributed by atoms with Crippen molar-refractivity contribution in [1.82, 2.24) is 9.55 Å². The Bertz CT molecular complexity index is 673. The van der Waals surface area contributed by atoms with Crippen LogP contribution >= 0.6 is 7.82 Å². The minimum atomic E-state index is -5.26. The van der Waals surface area contributed by atoms with Gasteiger partial charge in [-0.3, -0.25) is 14.3 Å². The third kappa shape index (κ3) is 6.15. The van der Waals surface area contributed by atoms with Gasteiger partial charge in [0.2, 0.25) is 0 Å². The molecule has 23 heavy (non-hydrogen) atoms. The van der Waals surface area contributed by atoms with Crippen LogP contribution in [-0.4, -0.2) is 44.7 Å². The number of nitrogens with zero attached hydrogens (tertiary/aromatic N) is 1. The van der Waals surface area contributed by atoms with E-state index in [9.17, 15) is 34.2 Å². The van der Waals surface area contributed by atoms with Crippen molar-refractivity contribution < 1.29 is 92.9 Å². The van der Waals surface area contributed by atoms with E-state index in [1.807, 2.05) is 4.98 Å². The van der Waals surface area contributed by atoms with Crippen LogP contribution in [0.5, 0.6) is 0 Å². The van der Waals surface area contributed by atoms with Gasteiger partial charge in [0, 0.05) is 12.3 Å². The molecule has 1 aliphatic heterocycles. The molecule has 0 saturated carbocycles.